The molecule has 0 aliphatic heterocycles. The maximum atomic E-state index is 9.71. The van der Waals surface area contributed by atoms with Crippen LogP contribution >= 0.6 is 0 Å². The molecule has 0 aliphatic rings. The van der Waals surface area contributed by atoms with Gasteiger partial charge in [-0.25, -0.2) is 0 Å². The molecule has 0 saturated heterocycles. The van der Waals surface area contributed by atoms with Crippen molar-refractivity contribution >= 4 is 0 Å². The molecular formula is C10H8N2O. The Morgan fingerprint density at radius 2 is 1.85 bits per heavy atom. The van der Waals surface area contributed by atoms with Gasteiger partial charge in [0.25, 0.3) is 0 Å². The molecule has 0 heterocycles. The van der Waals surface area contributed by atoms with Crippen molar-refractivity contribution in [2.75, 3.05) is 0 Å². The SMILES string of the molecule is N#CCC(O)(C#N)c1ccccc1. The number of nitrogens with zero attached hydrogens (tertiary/aromatic N) is 2. The molecule has 0 bridgehead atoms. The molecule has 0 radical (unpaired) electrons. The monoisotopic (exact) mass is 172 g/mol. The van der Waals surface area contributed by atoms with E-state index in [2.05, 4.69) is 0 Å². The van der Waals surface area contributed by atoms with E-state index in [4.69, 9.17) is 10.5 Å². The number of nitriles is 2. The smallest absolute Gasteiger partial charge is 0.189 e. The minimum absolute atomic E-state index is 0.215. The van der Waals surface area contributed by atoms with Crippen LogP contribution in [0.3, 0.4) is 0 Å². The lowest BCUT2D eigenvalue weighted by Crippen LogP contribution is -2.22. The second-order valence-electron chi connectivity index (χ2n) is 2.67. The van der Waals surface area contributed by atoms with E-state index in [0.29, 0.717) is 5.56 Å². The Bertz CT molecular complexity index is 361. The zero-order valence-electron chi connectivity index (χ0n) is 6.94. The van der Waals surface area contributed by atoms with Crippen LogP contribution in [0.1, 0.15) is 12.0 Å². The Morgan fingerprint density at radius 1 is 1.23 bits per heavy atom. The summed E-state index contributed by atoms with van der Waals surface area (Å²) in [5.74, 6) is 0. The third-order valence-electron chi connectivity index (χ3n) is 1.77. The molecule has 0 aromatic heterocycles. The second-order valence-corrected chi connectivity index (χ2v) is 2.67. The number of rotatable bonds is 2. The van der Waals surface area contributed by atoms with Gasteiger partial charge in [0.05, 0.1) is 12.5 Å². The fourth-order valence-corrected chi connectivity index (χ4v) is 1.03. The normalized spacial score (nSPS) is 13.8. The van der Waals surface area contributed by atoms with E-state index in [0.717, 1.165) is 0 Å². The van der Waals surface area contributed by atoms with Crippen LogP contribution in [0.25, 0.3) is 0 Å². The molecular weight excluding hydrogens is 164 g/mol. The predicted molar refractivity (Wildman–Crippen MR) is 46.2 cm³/mol. The quantitative estimate of drug-likeness (QED) is 0.684. The average Bonchev–Trinajstić information content (AvgIpc) is 2.19. The molecule has 1 N–H and O–H groups in total. The van der Waals surface area contributed by atoms with E-state index < -0.39 is 5.60 Å². The largest absolute Gasteiger partial charge is 0.371 e. The van der Waals surface area contributed by atoms with E-state index in [1.54, 1.807) is 42.5 Å². The Balaban J connectivity index is 3.07. The molecule has 0 spiro atoms. The van der Waals surface area contributed by atoms with Crippen molar-refractivity contribution in [1.29, 1.82) is 10.5 Å². The van der Waals surface area contributed by atoms with Gasteiger partial charge in [-0.1, -0.05) is 30.3 Å². The molecule has 0 amide bonds. The van der Waals surface area contributed by atoms with Crippen molar-refractivity contribution in [2.45, 2.75) is 12.0 Å². The summed E-state index contributed by atoms with van der Waals surface area (Å²) in [7, 11) is 0. The summed E-state index contributed by atoms with van der Waals surface area (Å²) in [6.45, 7) is 0. The molecule has 1 aromatic carbocycles. The van der Waals surface area contributed by atoms with Gasteiger partial charge in [-0.2, -0.15) is 10.5 Å². The van der Waals surface area contributed by atoms with Crippen molar-refractivity contribution in [1.82, 2.24) is 0 Å². The summed E-state index contributed by atoms with van der Waals surface area (Å²) in [6, 6.07) is 12.0. The summed E-state index contributed by atoms with van der Waals surface area (Å²) in [6.07, 6.45) is -0.215. The highest BCUT2D eigenvalue weighted by atomic mass is 16.3. The first kappa shape index (κ1) is 9.25. The highest BCUT2D eigenvalue weighted by molar-refractivity contribution is 5.29. The highest BCUT2D eigenvalue weighted by Gasteiger charge is 2.28. The summed E-state index contributed by atoms with van der Waals surface area (Å²) in [5, 5.41) is 26.9. The first-order valence-corrected chi connectivity index (χ1v) is 3.79. The van der Waals surface area contributed by atoms with Gasteiger partial charge >= 0.3 is 0 Å². The zero-order chi connectivity index (χ0) is 9.73. The predicted octanol–water partition coefficient (Wildman–Crippen LogP) is 1.31. The first-order valence-electron chi connectivity index (χ1n) is 3.79. The van der Waals surface area contributed by atoms with Gasteiger partial charge in [-0.3, -0.25) is 0 Å². The lowest BCUT2D eigenvalue weighted by atomic mass is 9.93. The molecule has 64 valence electrons. The van der Waals surface area contributed by atoms with Crippen molar-refractivity contribution in [3.8, 4) is 12.1 Å². The maximum Gasteiger partial charge on any atom is 0.189 e. The highest BCUT2D eigenvalue weighted by Crippen LogP contribution is 2.22. The summed E-state index contributed by atoms with van der Waals surface area (Å²) in [4.78, 5) is 0. The third kappa shape index (κ3) is 1.84. The van der Waals surface area contributed by atoms with Gasteiger partial charge in [0.1, 0.15) is 6.07 Å². The molecule has 0 saturated carbocycles. The third-order valence-corrected chi connectivity index (χ3v) is 1.77. The van der Waals surface area contributed by atoms with Crippen LogP contribution in [0.15, 0.2) is 30.3 Å². The summed E-state index contributed by atoms with van der Waals surface area (Å²) >= 11 is 0. The van der Waals surface area contributed by atoms with E-state index >= 15 is 0 Å². The molecule has 0 aliphatic carbocycles. The molecule has 0 fully saturated rings. The van der Waals surface area contributed by atoms with Crippen molar-refractivity contribution in [3.05, 3.63) is 35.9 Å². The number of hydrogen-bond acceptors (Lipinski definition) is 3. The summed E-state index contributed by atoms with van der Waals surface area (Å²) < 4.78 is 0. The number of hydrogen-bond donors (Lipinski definition) is 1. The van der Waals surface area contributed by atoms with Gasteiger partial charge in [0.2, 0.25) is 0 Å². The van der Waals surface area contributed by atoms with E-state index in [1.165, 1.54) is 0 Å². The topological polar surface area (TPSA) is 67.8 Å². The number of benzene rings is 1. The van der Waals surface area contributed by atoms with Crippen molar-refractivity contribution < 1.29 is 5.11 Å². The minimum atomic E-state index is -1.67. The molecule has 1 atom stereocenters. The summed E-state index contributed by atoms with van der Waals surface area (Å²) in [5.41, 5.74) is -1.21. The van der Waals surface area contributed by atoms with Gasteiger partial charge in [0.15, 0.2) is 5.60 Å². The number of aliphatic hydroxyl groups is 1. The lowest BCUT2D eigenvalue weighted by molar-refractivity contribution is 0.103. The fraction of sp³-hybridized carbons (Fsp3) is 0.200. The Labute approximate surface area is 76.5 Å². The molecule has 13 heavy (non-hydrogen) atoms. The maximum absolute atomic E-state index is 9.71. The molecule has 3 heteroatoms. The van der Waals surface area contributed by atoms with Crippen molar-refractivity contribution in [2.24, 2.45) is 0 Å². The van der Waals surface area contributed by atoms with Crippen LogP contribution in [0.4, 0.5) is 0 Å². The van der Waals surface area contributed by atoms with E-state index in [-0.39, 0.29) is 6.42 Å². The Morgan fingerprint density at radius 3 is 2.31 bits per heavy atom. The standard InChI is InChI=1S/C10H8N2O/c11-7-6-10(13,8-12)9-4-2-1-3-5-9/h1-5,13H,6H2. The Hall–Kier alpha value is -1.84. The molecule has 3 nitrogen and oxygen atoms in total. The molecule has 1 unspecified atom stereocenters. The fourth-order valence-electron chi connectivity index (χ4n) is 1.03. The van der Waals surface area contributed by atoms with Crippen LogP contribution in [0.5, 0.6) is 0 Å². The zero-order valence-corrected chi connectivity index (χ0v) is 6.94. The van der Waals surface area contributed by atoms with E-state index in [9.17, 15) is 5.11 Å². The van der Waals surface area contributed by atoms with E-state index in [1.807, 2.05) is 0 Å². The van der Waals surface area contributed by atoms with Gasteiger partial charge in [-0.15, -0.1) is 0 Å². The average molecular weight is 172 g/mol. The molecule has 1 aromatic rings. The minimum Gasteiger partial charge on any atom is -0.371 e. The first-order chi connectivity index (χ1) is 6.23. The molecule has 1 rings (SSSR count). The van der Waals surface area contributed by atoms with Crippen LogP contribution in [-0.4, -0.2) is 5.11 Å². The van der Waals surface area contributed by atoms with Crippen LogP contribution in [0.2, 0.25) is 0 Å². The van der Waals surface area contributed by atoms with Crippen molar-refractivity contribution in [3.63, 3.8) is 0 Å². The van der Waals surface area contributed by atoms with Crippen LogP contribution < -0.4 is 0 Å². The lowest BCUT2D eigenvalue weighted by Gasteiger charge is -2.16. The van der Waals surface area contributed by atoms with Gasteiger partial charge in [0, 0.05) is 0 Å². The van der Waals surface area contributed by atoms with Gasteiger partial charge < -0.3 is 5.11 Å². The Kier molecular flexibility index (Phi) is 2.64. The van der Waals surface area contributed by atoms with Crippen LogP contribution in [0, 0.1) is 22.7 Å². The second kappa shape index (κ2) is 3.71. The van der Waals surface area contributed by atoms with Crippen LogP contribution in [-0.2, 0) is 5.60 Å². The van der Waals surface area contributed by atoms with Gasteiger partial charge in [-0.05, 0) is 5.56 Å².